The highest BCUT2D eigenvalue weighted by molar-refractivity contribution is 5.98. The Morgan fingerprint density at radius 2 is 1.88 bits per heavy atom. The van der Waals surface area contributed by atoms with Gasteiger partial charge in [-0.05, 0) is 17.7 Å². The molecular weight excluding hydrogens is 326 g/mol. The number of cyclic esters (lactones) is 1. The number of esters is 1. The molecule has 1 amide bonds. The number of amides is 1. The van der Waals surface area contributed by atoms with Crippen LogP contribution >= 0.6 is 0 Å². The number of carboxylic acids is 1. The van der Waals surface area contributed by atoms with Gasteiger partial charge in [0.25, 0.3) is 0 Å². The molecule has 0 unspecified atom stereocenters. The van der Waals surface area contributed by atoms with Crippen molar-refractivity contribution in [3.05, 3.63) is 59.7 Å². The summed E-state index contributed by atoms with van der Waals surface area (Å²) in [4.78, 5) is 35.2. The number of carbonyl (C=O) groups excluding carboxylic acids is 2. The van der Waals surface area contributed by atoms with E-state index in [0.29, 0.717) is 5.56 Å². The minimum atomic E-state index is -1.37. The maximum Gasteiger partial charge on any atom is 0.335 e. The van der Waals surface area contributed by atoms with Gasteiger partial charge in [0.15, 0.2) is 0 Å². The number of hydrogen-bond donors (Lipinski definition) is 2. The highest BCUT2D eigenvalue weighted by atomic mass is 16.6. The molecule has 3 rings (SSSR count). The smallest absolute Gasteiger partial charge is 0.335 e. The van der Waals surface area contributed by atoms with Crippen LogP contribution in [0.2, 0.25) is 0 Å². The van der Waals surface area contributed by atoms with E-state index in [4.69, 9.17) is 9.84 Å². The molecule has 1 heterocycles. The van der Waals surface area contributed by atoms with Crippen LogP contribution in [0.1, 0.15) is 28.4 Å². The fraction of sp³-hybridized carbons (Fsp3) is 0.167. The molecule has 0 saturated carbocycles. The highest BCUT2D eigenvalue weighted by Gasteiger charge is 2.40. The third-order valence-corrected chi connectivity index (χ3v) is 3.95. The number of ether oxygens (including phenoxy) is 1. The minimum Gasteiger partial charge on any atom is -0.872 e. The number of benzene rings is 2. The van der Waals surface area contributed by atoms with Crippen LogP contribution in [0.15, 0.2) is 48.5 Å². The zero-order chi connectivity index (χ0) is 18.0. The lowest BCUT2D eigenvalue weighted by Crippen LogP contribution is -2.25. The molecule has 2 atom stereocenters. The summed E-state index contributed by atoms with van der Waals surface area (Å²) in [6, 6.07) is 12.4. The summed E-state index contributed by atoms with van der Waals surface area (Å²) in [7, 11) is 0. The zero-order valence-electron chi connectivity index (χ0n) is 13.0. The second-order valence-electron chi connectivity index (χ2n) is 5.64. The molecule has 1 fully saturated rings. The number of rotatable bonds is 4. The Kier molecular flexibility index (Phi) is 4.38. The minimum absolute atomic E-state index is 0.0726. The van der Waals surface area contributed by atoms with Crippen LogP contribution in [0, 0.1) is 5.92 Å². The second kappa shape index (κ2) is 6.64. The zero-order valence-corrected chi connectivity index (χ0v) is 13.0. The van der Waals surface area contributed by atoms with Gasteiger partial charge in [0.2, 0.25) is 5.91 Å². The van der Waals surface area contributed by atoms with Crippen LogP contribution in [0.25, 0.3) is 0 Å². The standard InChI is InChI=1S/C18H15NO6/c20-14-7-6-11(8-12(14)18(23)24)19-17(22)13-9-15(21)25-16(13)10-4-2-1-3-5-10/h1-8,13,16,20H,9H2,(H,19,22)(H,23,24)/p-1/t13-,16+/m1/s1. The predicted molar refractivity (Wildman–Crippen MR) is 84.9 cm³/mol. The quantitative estimate of drug-likeness (QED) is 0.819. The first kappa shape index (κ1) is 16.5. The summed E-state index contributed by atoms with van der Waals surface area (Å²) >= 11 is 0. The summed E-state index contributed by atoms with van der Waals surface area (Å²) in [5.74, 6) is -3.71. The van der Waals surface area contributed by atoms with Gasteiger partial charge in [0, 0.05) is 5.69 Å². The Hall–Kier alpha value is -3.35. The predicted octanol–water partition coefficient (Wildman–Crippen LogP) is 1.70. The molecule has 2 aromatic rings. The monoisotopic (exact) mass is 340 g/mol. The molecule has 0 aliphatic carbocycles. The number of aromatic carboxylic acids is 1. The van der Waals surface area contributed by atoms with Gasteiger partial charge in [-0.3, -0.25) is 9.59 Å². The van der Waals surface area contributed by atoms with E-state index in [1.54, 1.807) is 24.3 Å². The van der Waals surface area contributed by atoms with Gasteiger partial charge in [-0.2, -0.15) is 0 Å². The molecule has 0 aromatic heterocycles. The Labute approximate surface area is 142 Å². The SMILES string of the molecule is O=C1C[C@@H](C(=O)Nc2ccc([O-])c(C(=O)O)c2)[C@H](c2ccccc2)O1. The Balaban J connectivity index is 1.81. The molecule has 25 heavy (non-hydrogen) atoms. The summed E-state index contributed by atoms with van der Waals surface area (Å²) in [5.41, 5.74) is 0.443. The first-order valence-corrected chi connectivity index (χ1v) is 7.55. The van der Waals surface area contributed by atoms with E-state index in [2.05, 4.69) is 5.32 Å². The van der Waals surface area contributed by atoms with Gasteiger partial charge >= 0.3 is 11.9 Å². The Morgan fingerprint density at radius 1 is 1.16 bits per heavy atom. The van der Waals surface area contributed by atoms with E-state index in [1.165, 1.54) is 6.07 Å². The summed E-state index contributed by atoms with van der Waals surface area (Å²) in [6.45, 7) is 0. The van der Waals surface area contributed by atoms with E-state index in [-0.39, 0.29) is 12.1 Å². The van der Waals surface area contributed by atoms with E-state index in [9.17, 15) is 19.5 Å². The van der Waals surface area contributed by atoms with Crippen molar-refractivity contribution in [2.24, 2.45) is 5.92 Å². The molecule has 7 nitrogen and oxygen atoms in total. The van der Waals surface area contributed by atoms with Crippen molar-refractivity contribution < 1.29 is 29.3 Å². The third kappa shape index (κ3) is 3.45. The van der Waals surface area contributed by atoms with Crippen molar-refractivity contribution in [3.63, 3.8) is 0 Å². The van der Waals surface area contributed by atoms with Crippen molar-refractivity contribution >= 4 is 23.5 Å². The van der Waals surface area contributed by atoms with Gasteiger partial charge in [-0.1, -0.05) is 42.1 Å². The lowest BCUT2D eigenvalue weighted by atomic mass is 9.94. The van der Waals surface area contributed by atoms with E-state index < -0.39 is 41.2 Å². The van der Waals surface area contributed by atoms with Gasteiger partial charge in [0.05, 0.1) is 17.9 Å². The maximum absolute atomic E-state index is 12.5. The molecule has 2 N–H and O–H groups in total. The lowest BCUT2D eigenvalue weighted by Gasteiger charge is -2.18. The van der Waals surface area contributed by atoms with Crippen molar-refractivity contribution in [3.8, 4) is 5.75 Å². The Bertz CT molecular complexity index is 833. The van der Waals surface area contributed by atoms with Crippen LogP contribution in [0.5, 0.6) is 5.75 Å². The molecule has 0 bridgehead atoms. The van der Waals surface area contributed by atoms with Crippen LogP contribution < -0.4 is 10.4 Å². The van der Waals surface area contributed by atoms with E-state index in [1.807, 2.05) is 6.07 Å². The van der Waals surface area contributed by atoms with E-state index in [0.717, 1.165) is 12.1 Å². The number of carbonyl (C=O) groups is 3. The first-order valence-electron chi connectivity index (χ1n) is 7.55. The number of carboxylic acid groups (broad SMARTS) is 1. The largest absolute Gasteiger partial charge is 0.872 e. The summed E-state index contributed by atoms with van der Waals surface area (Å²) in [6.07, 6.45) is -0.775. The average molecular weight is 340 g/mol. The topological polar surface area (TPSA) is 116 Å². The molecule has 1 aliphatic rings. The summed E-state index contributed by atoms with van der Waals surface area (Å²) < 4.78 is 5.26. The maximum atomic E-state index is 12.5. The molecule has 128 valence electrons. The second-order valence-corrected chi connectivity index (χ2v) is 5.64. The first-order chi connectivity index (χ1) is 12.0. The fourth-order valence-corrected chi connectivity index (χ4v) is 2.74. The van der Waals surface area contributed by atoms with Gasteiger partial charge in [-0.25, -0.2) is 4.79 Å². The molecular formula is C18H14NO6-. The Morgan fingerprint density at radius 3 is 2.56 bits per heavy atom. The summed E-state index contributed by atoms with van der Waals surface area (Å²) in [5, 5.41) is 23.0. The number of nitrogens with one attached hydrogen (secondary N) is 1. The highest BCUT2D eigenvalue weighted by Crippen LogP contribution is 2.36. The van der Waals surface area contributed by atoms with Crippen LogP contribution in [-0.4, -0.2) is 23.0 Å². The van der Waals surface area contributed by atoms with Gasteiger partial charge in [-0.15, -0.1) is 0 Å². The van der Waals surface area contributed by atoms with Gasteiger partial charge < -0.3 is 20.3 Å². The van der Waals surface area contributed by atoms with Crippen molar-refractivity contribution in [2.75, 3.05) is 5.32 Å². The third-order valence-electron chi connectivity index (χ3n) is 3.95. The van der Waals surface area contributed by atoms with Crippen LogP contribution in [-0.2, 0) is 14.3 Å². The lowest BCUT2D eigenvalue weighted by molar-refractivity contribution is -0.268. The number of hydrogen-bond acceptors (Lipinski definition) is 5. The molecule has 0 radical (unpaired) electrons. The van der Waals surface area contributed by atoms with Crippen molar-refractivity contribution in [1.82, 2.24) is 0 Å². The van der Waals surface area contributed by atoms with E-state index >= 15 is 0 Å². The molecule has 1 saturated heterocycles. The molecule has 7 heteroatoms. The average Bonchev–Trinajstić information content (AvgIpc) is 2.99. The van der Waals surface area contributed by atoms with Crippen molar-refractivity contribution in [2.45, 2.75) is 12.5 Å². The number of anilines is 1. The normalized spacial score (nSPS) is 19.3. The van der Waals surface area contributed by atoms with Crippen molar-refractivity contribution in [1.29, 1.82) is 0 Å². The fourth-order valence-electron chi connectivity index (χ4n) is 2.74. The molecule has 0 spiro atoms. The van der Waals surface area contributed by atoms with Crippen LogP contribution in [0.4, 0.5) is 5.69 Å². The van der Waals surface area contributed by atoms with Gasteiger partial charge in [0.1, 0.15) is 6.10 Å². The molecule has 1 aliphatic heterocycles. The van der Waals surface area contributed by atoms with Crippen LogP contribution in [0.3, 0.4) is 0 Å². The molecule has 2 aromatic carbocycles.